The van der Waals surface area contributed by atoms with Gasteiger partial charge in [-0.15, -0.1) is 0 Å². The van der Waals surface area contributed by atoms with Crippen LogP contribution >= 0.6 is 0 Å². The van der Waals surface area contributed by atoms with Gasteiger partial charge in [0.1, 0.15) is 24.8 Å². The maximum absolute atomic E-state index is 14.6. The SMILES string of the molecule is C=CC(=O)N1CCN(c2nc(OC[C@@H]3CCCN3C)nc3c2CCN(c2cc(C4C[C@@H](COc5nc6c(c(N7CCN(C(=O)C=C)[C@@H](CC#N)C7)n5)CCN(c5cccc(C)c5C(F)(F)F)C6)N(C)C4)cc(C)c2C)C3)C[C@@H]1CC#N. The van der Waals surface area contributed by atoms with Crippen LogP contribution in [0.25, 0.3) is 0 Å². The molecule has 0 N–H and O–H groups in total. The van der Waals surface area contributed by atoms with Crippen molar-refractivity contribution in [1.29, 1.82) is 10.5 Å². The highest BCUT2D eigenvalue weighted by Gasteiger charge is 2.40. The molecule has 1 unspecified atom stereocenters. The van der Waals surface area contributed by atoms with Crippen molar-refractivity contribution in [3.05, 3.63) is 106 Å². The van der Waals surface area contributed by atoms with Crippen LogP contribution in [0.4, 0.5) is 36.2 Å². The van der Waals surface area contributed by atoms with E-state index in [0.717, 1.165) is 67.2 Å². The minimum Gasteiger partial charge on any atom is -0.462 e. The number of benzene rings is 2. The molecular weight excluding hydrogens is 1040 g/mol. The summed E-state index contributed by atoms with van der Waals surface area (Å²) in [6, 6.07) is 13.8. The first-order valence-corrected chi connectivity index (χ1v) is 28.3. The molecule has 428 valence electrons. The zero-order valence-electron chi connectivity index (χ0n) is 47.2. The van der Waals surface area contributed by atoms with Gasteiger partial charge < -0.3 is 43.8 Å². The van der Waals surface area contributed by atoms with Crippen molar-refractivity contribution in [2.24, 2.45) is 0 Å². The molecule has 2 amide bonds. The quantitative estimate of drug-likeness (QED) is 0.112. The van der Waals surface area contributed by atoms with Crippen molar-refractivity contribution >= 4 is 34.8 Å². The average molecular weight is 1110 g/mol. The van der Waals surface area contributed by atoms with Crippen molar-refractivity contribution in [3.8, 4) is 24.2 Å². The number of rotatable bonds is 15. The molecule has 6 aliphatic rings. The first-order chi connectivity index (χ1) is 39.0. The topological polar surface area (TPSA) is 178 Å². The smallest absolute Gasteiger partial charge is 0.418 e. The lowest BCUT2D eigenvalue weighted by molar-refractivity contribution is -0.137. The van der Waals surface area contributed by atoms with Crippen molar-refractivity contribution < 1.29 is 32.2 Å². The molecule has 18 nitrogen and oxygen atoms in total. The number of ether oxygens (including phenoxy) is 2. The van der Waals surface area contributed by atoms with Crippen molar-refractivity contribution in [2.45, 2.75) is 115 Å². The lowest BCUT2D eigenvalue weighted by Crippen LogP contribution is -2.55. The second-order valence-electron chi connectivity index (χ2n) is 22.6. The van der Waals surface area contributed by atoms with E-state index in [1.807, 2.05) is 0 Å². The van der Waals surface area contributed by atoms with Crippen LogP contribution in [0.1, 0.15) is 88.4 Å². The molecule has 10 rings (SSSR count). The highest BCUT2D eigenvalue weighted by atomic mass is 19.4. The highest BCUT2D eigenvalue weighted by Crippen LogP contribution is 2.43. The van der Waals surface area contributed by atoms with Gasteiger partial charge in [-0.3, -0.25) is 14.5 Å². The van der Waals surface area contributed by atoms with Gasteiger partial charge in [-0.05, 0) is 126 Å². The third-order valence-corrected chi connectivity index (χ3v) is 17.7. The second-order valence-corrected chi connectivity index (χ2v) is 22.6. The maximum atomic E-state index is 14.6. The van der Waals surface area contributed by atoms with Crippen LogP contribution in [0.5, 0.6) is 12.0 Å². The number of piperazine rings is 2. The summed E-state index contributed by atoms with van der Waals surface area (Å²) in [5.74, 6) is 1.15. The van der Waals surface area contributed by atoms with Gasteiger partial charge in [0.25, 0.3) is 0 Å². The Kier molecular flexibility index (Phi) is 16.8. The lowest BCUT2D eigenvalue weighted by atomic mass is 9.91. The molecule has 81 heavy (non-hydrogen) atoms. The first kappa shape index (κ1) is 56.8. The number of likely N-dealkylation sites (tertiary alicyclic amines) is 2. The fourth-order valence-electron chi connectivity index (χ4n) is 13.1. The number of halogens is 3. The van der Waals surface area contributed by atoms with E-state index in [4.69, 9.17) is 29.4 Å². The van der Waals surface area contributed by atoms with E-state index in [9.17, 15) is 33.3 Å². The molecule has 0 aliphatic carbocycles. The molecule has 0 bridgehead atoms. The van der Waals surface area contributed by atoms with E-state index < -0.39 is 17.8 Å². The highest BCUT2D eigenvalue weighted by molar-refractivity contribution is 5.88. The lowest BCUT2D eigenvalue weighted by Gasteiger charge is -2.42. The van der Waals surface area contributed by atoms with Crippen LogP contribution in [-0.4, -0.2) is 168 Å². The fraction of sp³-hybridized carbons (Fsp3) is 0.533. The molecule has 0 spiro atoms. The van der Waals surface area contributed by atoms with Gasteiger partial charge in [0, 0.05) is 93.5 Å². The molecule has 5 atom stereocenters. The summed E-state index contributed by atoms with van der Waals surface area (Å²) in [5, 5.41) is 19.6. The van der Waals surface area contributed by atoms with E-state index in [-0.39, 0.29) is 79.1 Å². The molecule has 4 fully saturated rings. The Labute approximate surface area is 473 Å². The molecule has 4 aromatic rings. The van der Waals surface area contributed by atoms with Crippen LogP contribution in [0, 0.1) is 43.4 Å². The predicted molar refractivity (Wildman–Crippen MR) is 302 cm³/mol. The van der Waals surface area contributed by atoms with Gasteiger partial charge in [0.15, 0.2) is 0 Å². The molecule has 2 aromatic heterocycles. The molecule has 2 aromatic carbocycles. The van der Waals surface area contributed by atoms with Crippen LogP contribution in [-0.2, 0) is 41.7 Å². The van der Waals surface area contributed by atoms with Crippen molar-refractivity contribution in [2.75, 3.05) is 112 Å². The Bertz CT molecular complexity index is 3140. The number of carbonyl (C=O) groups excluding carboxylic acids is 2. The molecule has 4 saturated heterocycles. The summed E-state index contributed by atoms with van der Waals surface area (Å²) in [5.41, 5.74) is 7.66. The van der Waals surface area contributed by atoms with E-state index in [1.54, 1.807) is 20.8 Å². The summed E-state index contributed by atoms with van der Waals surface area (Å²) < 4.78 is 56.8. The number of alkyl halides is 3. The van der Waals surface area contributed by atoms with Crippen LogP contribution in [0.2, 0.25) is 0 Å². The Morgan fingerprint density at radius 2 is 1.23 bits per heavy atom. The van der Waals surface area contributed by atoms with Crippen LogP contribution in [0.3, 0.4) is 0 Å². The predicted octanol–water partition coefficient (Wildman–Crippen LogP) is 6.91. The summed E-state index contributed by atoms with van der Waals surface area (Å²) in [6.07, 6.45) is 2.34. The van der Waals surface area contributed by atoms with Crippen LogP contribution < -0.4 is 29.1 Å². The fourth-order valence-corrected chi connectivity index (χ4v) is 13.1. The normalized spacial score (nSPS) is 22.5. The van der Waals surface area contributed by atoms with Gasteiger partial charge in [0.2, 0.25) is 11.8 Å². The molecule has 0 saturated carbocycles. The Morgan fingerprint density at radius 3 is 1.75 bits per heavy atom. The van der Waals surface area contributed by atoms with Gasteiger partial charge in [-0.2, -0.15) is 43.6 Å². The van der Waals surface area contributed by atoms with E-state index >= 15 is 0 Å². The summed E-state index contributed by atoms with van der Waals surface area (Å²) >= 11 is 0. The third-order valence-electron chi connectivity index (χ3n) is 17.7. The monoisotopic (exact) mass is 1110 g/mol. The number of nitrogens with zero attached hydrogens (tertiary/aromatic N) is 14. The number of carbonyl (C=O) groups is 2. The number of fused-ring (bicyclic) bond motifs is 2. The number of nitriles is 2. The Hall–Kier alpha value is -7.49. The molecule has 8 heterocycles. The number of amides is 2. The van der Waals surface area contributed by atoms with Crippen molar-refractivity contribution in [1.82, 2.24) is 39.5 Å². The molecule has 0 radical (unpaired) electrons. The van der Waals surface area contributed by atoms with Gasteiger partial charge in [-0.1, -0.05) is 31.4 Å². The molecule has 6 aliphatic heterocycles. The Balaban J connectivity index is 0.889. The number of aromatic nitrogens is 4. The second kappa shape index (κ2) is 23.9. The summed E-state index contributed by atoms with van der Waals surface area (Å²) in [7, 11) is 4.21. The van der Waals surface area contributed by atoms with E-state index in [0.29, 0.717) is 89.3 Å². The molecular formula is C60H73F3N14O4. The first-order valence-electron chi connectivity index (χ1n) is 28.3. The number of likely N-dealkylation sites (N-methyl/N-ethyl adjacent to an activating group) is 2. The minimum absolute atomic E-state index is 0.0151. The average Bonchev–Trinajstić information content (AvgIpc) is 4.07. The maximum Gasteiger partial charge on any atom is 0.418 e. The number of hydrogen-bond donors (Lipinski definition) is 0. The summed E-state index contributed by atoms with van der Waals surface area (Å²) in [6.45, 7) is 20.0. The summed E-state index contributed by atoms with van der Waals surface area (Å²) in [4.78, 5) is 62.3. The van der Waals surface area contributed by atoms with Crippen molar-refractivity contribution in [3.63, 3.8) is 0 Å². The third kappa shape index (κ3) is 11.8. The largest absolute Gasteiger partial charge is 0.462 e. The zero-order chi connectivity index (χ0) is 57.3. The van der Waals surface area contributed by atoms with E-state index in [2.05, 4.69) is 89.9 Å². The van der Waals surface area contributed by atoms with Gasteiger partial charge in [0.05, 0.1) is 67.1 Å². The van der Waals surface area contributed by atoms with Gasteiger partial charge in [-0.25, -0.2) is 0 Å². The van der Waals surface area contributed by atoms with Gasteiger partial charge >= 0.3 is 18.2 Å². The van der Waals surface area contributed by atoms with E-state index in [1.165, 1.54) is 47.9 Å². The zero-order valence-corrected chi connectivity index (χ0v) is 47.2. The van der Waals surface area contributed by atoms with Crippen LogP contribution in [0.15, 0.2) is 55.6 Å². The number of aryl methyl sites for hydroxylation is 2. The standard InChI is InChI=1S/C60H73F3N14O4/c1-8-53(78)76-26-24-74(32-43(76)15-19-64)56-47-17-22-72(51-14-10-12-38(3)55(51)60(61,62)63)34-49(47)66-59(69-56)81-37-46-29-42(31-71(46)7)41-28-39(4)40(5)52(30-41)73-23-18-48-50(35-73)67-58(80-36-45-13-11-21-70(45)6)68-57(48)75-25-27-77(54(79)9-2)44(33-75)16-20-65/h8-10,12,14,28,30,42-46H,1-2,11,13,15-18,21-27,29,31-37H2,3-7H3/t42?,43-,44-,45-,46-/m0/s1. The number of anilines is 4. The number of hydrogen-bond acceptors (Lipinski definition) is 16. The Morgan fingerprint density at radius 1 is 0.679 bits per heavy atom. The molecule has 21 heteroatoms. The minimum atomic E-state index is -4.56.